The number of benzene rings is 2. The molecule has 5 rings (SSSR count). The van der Waals surface area contributed by atoms with Crippen LogP contribution in [0.3, 0.4) is 0 Å². The summed E-state index contributed by atoms with van der Waals surface area (Å²) in [6, 6.07) is 19.5. The molecule has 0 saturated carbocycles. The number of fused-ring (bicyclic) bond motifs is 1. The quantitative estimate of drug-likeness (QED) is 0.532. The molecule has 0 radical (unpaired) electrons. The van der Waals surface area contributed by atoms with Gasteiger partial charge in [0.25, 0.3) is 5.91 Å². The first-order valence-corrected chi connectivity index (χ1v) is 10.6. The number of carbonyl (C=O) groups excluding carboxylic acids is 1. The van der Waals surface area contributed by atoms with E-state index in [1.54, 1.807) is 35.7 Å². The summed E-state index contributed by atoms with van der Waals surface area (Å²) in [5.41, 5.74) is 4.16. The van der Waals surface area contributed by atoms with Crippen molar-refractivity contribution in [1.82, 2.24) is 9.97 Å². The van der Waals surface area contributed by atoms with Gasteiger partial charge < -0.3 is 15.0 Å². The molecule has 4 aromatic rings. The molecular formula is C23H20N4O2S. The zero-order chi connectivity index (χ0) is 20.3. The summed E-state index contributed by atoms with van der Waals surface area (Å²) in [6.07, 6.45) is 1.62. The van der Waals surface area contributed by atoms with Crippen LogP contribution in [0.15, 0.2) is 66.9 Å². The number of amides is 1. The maximum Gasteiger partial charge on any atom is 0.274 e. The van der Waals surface area contributed by atoms with Crippen LogP contribution in [-0.2, 0) is 4.74 Å². The van der Waals surface area contributed by atoms with Crippen molar-refractivity contribution in [1.29, 1.82) is 0 Å². The average molecular weight is 417 g/mol. The minimum atomic E-state index is -0.224. The second-order valence-corrected chi connectivity index (χ2v) is 8.02. The fourth-order valence-corrected chi connectivity index (χ4v) is 4.48. The SMILES string of the molecule is O=C(Nc1ccc(-c2nc3ccccc3s2)cc1N1CCOCC1)c1ccccn1. The molecule has 6 nitrogen and oxygen atoms in total. The van der Waals surface area contributed by atoms with E-state index in [0.717, 1.165) is 45.3 Å². The van der Waals surface area contributed by atoms with E-state index < -0.39 is 0 Å². The third-order valence-corrected chi connectivity index (χ3v) is 6.12. The number of hydrogen-bond donors (Lipinski definition) is 1. The smallest absolute Gasteiger partial charge is 0.274 e. The van der Waals surface area contributed by atoms with Crippen molar-refractivity contribution in [2.75, 3.05) is 36.5 Å². The summed E-state index contributed by atoms with van der Waals surface area (Å²) in [7, 11) is 0. The molecule has 2 aromatic heterocycles. The van der Waals surface area contributed by atoms with Gasteiger partial charge in [0.1, 0.15) is 10.7 Å². The van der Waals surface area contributed by atoms with Crippen molar-refractivity contribution in [2.24, 2.45) is 0 Å². The zero-order valence-corrected chi connectivity index (χ0v) is 17.1. The number of morpholine rings is 1. The molecule has 7 heteroatoms. The lowest BCUT2D eigenvalue weighted by Crippen LogP contribution is -2.36. The summed E-state index contributed by atoms with van der Waals surface area (Å²) < 4.78 is 6.68. The molecule has 1 saturated heterocycles. The maximum absolute atomic E-state index is 12.7. The highest BCUT2D eigenvalue weighted by atomic mass is 32.1. The highest BCUT2D eigenvalue weighted by Gasteiger charge is 2.19. The van der Waals surface area contributed by atoms with Crippen LogP contribution in [0, 0.1) is 0 Å². The molecule has 0 spiro atoms. The molecular weight excluding hydrogens is 396 g/mol. The van der Waals surface area contributed by atoms with E-state index in [-0.39, 0.29) is 5.91 Å². The summed E-state index contributed by atoms with van der Waals surface area (Å²) in [6.45, 7) is 2.88. The van der Waals surface area contributed by atoms with Crippen LogP contribution in [0.4, 0.5) is 11.4 Å². The van der Waals surface area contributed by atoms with Crippen LogP contribution in [0.5, 0.6) is 0 Å². The van der Waals surface area contributed by atoms with E-state index >= 15 is 0 Å². The zero-order valence-electron chi connectivity index (χ0n) is 16.2. The molecule has 3 heterocycles. The number of nitrogens with zero attached hydrogens (tertiary/aromatic N) is 3. The lowest BCUT2D eigenvalue weighted by atomic mass is 10.1. The van der Waals surface area contributed by atoms with Crippen molar-refractivity contribution in [3.8, 4) is 10.6 Å². The number of ether oxygens (including phenoxy) is 1. The lowest BCUT2D eigenvalue weighted by molar-refractivity contribution is 0.102. The van der Waals surface area contributed by atoms with Gasteiger partial charge >= 0.3 is 0 Å². The third-order valence-electron chi connectivity index (χ3n) is 5.04. The standard InChI is InChI=1S/C23H20N4O2S/c28-22(19-6-3-4-10-24-19)25-17-9-8-16(15-20(17)27-11-13-29-14-12-27)23-26-18-5-1-2-7-21(18)30-23/h1-10,15H,11-14H2,(H,25,28). The molecule has 0 unspecified atom stereocenters. The molecule has 1 amide bonds. The Hall–Kier alpha value is -3.29. The van der Waals surface area contributed by atoms with E-state index in [1.165, 1.54) is 0 Å². The fourth-order valence-electron chi connectivity index (χ4n) is 3.52. The number of anilines is 2. The summed E-state index contributed by atoms with van der Waals surface area (Å²) in [5, 5.41) is 3.99. The van der Waals surface area contributed by atoms with Gasteiger partial charge in [-0.2, -0.15) is 0 Å². The third kappa shape index (κ3) is 3.77. The summed E-state index contributed by atoms with van der Waals surface area (Å²) in [4.78, 5) is 23.9. The molecule has 0 atom stereocenters. The van der Waals surface area contributed by atoms with Crippen molar-refractivity contribution >= 4 is 38.8 Å². The number of thiazole rings is 1. The minimum Gasteiger partial charge on any atom is -0.378 e. The van der Waals surface area contributed by atoms with Gasteiger partial charge in [-0.25, -0.2) is 4.98 Å². The predicted octanol–water partition coefficient (Wildman–Crippen LogP) is 4.45. The summed E-state index contributed by atoms with van der Waals surface area (Å²) >= 11 is 1.67. The Balaban J connectivity index is 1.52. The second kappa shape index (κ2) is 8.22. The highest BCUT2D eigenvalue weighted by molar-refractivity contribution is 7.21. The molecule has 1 N–H and O–H groups in total. The summed E-state index contributed by atoms with van der Waals surface area (Å²) in [5.74, 6) is -0.224. The molecule has 30 heavy (non-hydrogen) atoms. The molecule has 150 valence electrons. The van der Waals surface area contributed by atoms with Crippen LogP contribution in [0.25, 0.3) is 20.8 Å². The monoisotopic (exact) mass is 416 g/mol. The van der Waals surface area contributed by atoms with Crippen LogP contribution in [0.2, 0.25) is 0 Å². The normalized spacial score (nSPS) is 14.1. The minimum absolute atomic E-state index is 0.224. The Morgan fingerprint density at radius 2 is 1.87 bits per heavy atom. The first-order valence-electron chi connectivity index (χ1n) is 9.83. The topological polar surface area (TPSA) is 67.4 Å². The Morgan fingerprint density at radius 1 is 1.03 bits per heavy atom. The first kappa shape index (κ1) is 18.7. The van der Waals surface area contributed by atoms with E-state index in [9.17, 15) is 4.79 Å². The van der Waals surface area contributed by atoms with Gasteiger partial charge in [-0.1, -0.05) is 18.2 Å². The second-order valence-electron chi connectivity index (χ2n) is 6.99. The number of hydrogen-bond acceptors (Lipinski definition) is 6. The van der Waals surface area contributed by atoms with Crippen LogP contribution in [0.1, 0.15) is 10.5 Å². The van der Waals surface area contributed by atoms with Gasteiger partial charge in [-0.15, -0.1) is 11.3 Å². The van der Waals surface area contributed by atoms with E-state index in [1.807, 2.05) is 30.3 Å². The van der Waals surface area contributed by atoms with Gasteiger partial charge in [0.05, 0.1) is 34.8 Å². The van der Waals surface area contributed by atoms with Gasteiger partial charge in [0.2, 0.25) is 0 Å². The molecule has 2 aromatic carbocycles. The number of carbonyl (C=O) groups is 1. The Bertz CT molecular complexity index is 1150. The van der Waals surface area contributed by atoms with Crippen molar-refractivity contribution in [3.63, 3.8) is 0 Å². The molecule has 0 bridgehead atoms. The lowest BCUT2D eigenvalue weighted by Gasteiger charge is -2.31. The van der Waals surface area contributed by atoms with Crippen molar-refractivity contribution < 1.29 is 9.53 Å². The average Bonchev–Trinajstić information content (AvgIpc) is 3.25. The molecule has 1 aliphatic rings. The van der Waals surface area contributed by atoms with E-state index in [4.69, 9.17) is 9.72 Å². The van der Waals surface area contributed by atoms with Crippen molar-refractivity contribution in [3.05, 3.63) is 72.6 Å². The largest absolute Gasteiger partial charge is 0.378 e. The number of para-hydroxylation sites is 1. The first-order chi connectivity index (χ1) is 14.8. The number of aromatic nitrogens is 2. The highest BCUT2D eigenvalue weighted by Crippen LogP contribution is 2.36. The molecule has 1 aliphatic heterocycles. The molecule has 1 fully saturated rings. The number of pyridine rings is 1. The van der Waals surface area contributed by atoms with Crippen molar-refractivity contribution in [2.45, 2.75) is 0 Å². The van der Waals surface area contributed by atoms with Gasteiger partial charge in [-0.05, 0) is 42.5 Å². The Kier molecular flexibility index (Phi) is 5.13. The number of nitrogens with one attached hydrogen (secondary N) is 1. The van der Waals surface area contributed by atoms with E-state index in [2.05, 4.69) is 27.3 Å². The van der Waals surface area contributed by atoms with Crippen LogP contribution >= 0.6 is 11.3 Å². The van der Waals surface area contributed by atoms with E-state index in [0.29, 0.717) is 18.9 Å². The number of rotatable bonds is 4. The van der Waals surface area contributed by atoms with Crippen LogP contribution in [-0.4, -0.2) is 42.2 Å². The van der Waals surface area contributed by atoms with Gasteiger partial charge in [-0.3, -0.25) is 9.78 Å². The van der Waals surface area contributed by atoms with Crippen LogP contribution < -0.4 is 10.2 Å². The fraction of sp³-hybridized carbons (Fsp3) is 0.174. The Morgan fingerprint density at radius 3 is 2.67 bits per heavy atom. The van der Waals surface area contributed by atoms with Gasteiger partial charge in [0, 0.05) is 24.8 Å². The predicted molar refractivity (Wildman–Crippen MR) is 120 cm³/mol. The van der Waals surface area contributed by atoms with Gasteiger partial charge in [0.15, 0.2) is 0 Å². The maximum atomic E-state index is 12.7. The Labute approximate surface area is 178 Å². The molecule has 0 aliphatic carbocycles.